The van der Waals surface area contributed by atoms with Gasteiger partial charge in [-0.15, -0.1) is 0 Å². The van der Waals surface area contributed by atoms with E-state index in [4.69, 9.17) is 9.47 Å². The van der Waals surface area contributed by atoms with Gasteiger partial charge in [-0.3, -0.25) is 0 Å². The Morgan fingerprint density at radius 1 is 1.44 bits per heavy atom. The second kappa shape index (κ2) is 6.66. The molecule has 1 rings (SSSR count). The number of ether oxygens (including phenoxy) is 2. The molecule has 0 aromatic rings. The van der Waals surface area contributed by atoms with E-state index in [0.29, 0.717) is 5.57 Å². The number of rotatable bonds is 6. The normalized spacial score (nSPS) is 18.4. The predicted octanol–water partition coefficient (Wildman–Crippen LogP) is 1.43. The lowest BCUT2D eigenvalue weighted by Crippen LogP contribution is -2.26. The third kappa shape index (κ3) is 4.77. The Balaban J connectivity index is 2.08. The van der Waals surface area contributed by atoms with Gasteiger partial charge in [-0.05, 0) is 19.8 Å². The molecule has 16 heavy (non-hydrogen) atoms. The fourth-order valence-corrected chi connectivity index (χ4v) is 1.65. The van der Waals surface area contributed by atoms with Crippen LogP contribution in [0.1, 0.15) is 32.6 Å². The van der Waals surface area contributed by atoms with Crippen LogP contribution >= 0.6 is 0 Å². The van der Waals surface area contributed by atoms with Crippen LogP contribution in [0.5, 0.6) is 0 Å². The fourth-order valence-electron chi connectivity index (χ4n) is 1.65. The van der Waals surface area contributed by atoms with E-state index in [1.165, 1.54) is 12.8 Å². The van der Waals surface area contributed by atoms with E-state index >= 15 is 0 Å². The number of esters is 1. The zero-order valence-corrected chi connectivity index (χ0v) is 9.78. The van der Waals surface area contributed by atoms with E-state index in [0.717, 1.165) is 12.8 Å². The molecule has 1 N–H and O–H groups in total. The SMILES string of the molecule is C=C(C)C(=O)OCC(O)COC1CCCC1. The second-order valence-corrected chi connectivity index (χ2v) is 4.27. The first-order chi connectivity index (χ1) is 7.59. The second-order valence-electron chi connectivity index (χ2n) is 4.27. The summed E-state index contributed by atoms with van der Waals surface area (Å²) in [5, 5.41) is 9.51. The average molecular weight is 228 g/mol. The van der Waals surface area contributed by atoms with Crippen LogP contribution in [0.2, 0.25) is 0 Å². The Bertz CT molecular complexity index is 243. The van der Waals surface area contributed by atoms with Gasteiger partial charge in [0.2, 0.25) is 0 Å². The molecule has 0 heterocycles. The summed E-state index contributed by atoms with van der Waals surface area (Å²) in [6.07, 6.45) is 4.06. The highest BCUT2D eigenvalue weighted by molar-refractivity contribution is 5.86. The van der Waals surface area contributed by atoms with E-state index in [2.05, 4.69) is 6.58 Å². The van der Waals surface area contributed by atoms with E-state index in [9.17, 15) is 9.90 Å². The molecule has 1 aliphatic rings. The molecule has 1 saturated carbocycles. The summed E-state index contributed by atoms with van der Waals surface area (Å²) in [7, 11) is 0. The van der Waals surface area contributed by atoms with Gasteiger partial charge in [-0.25, -0.2) is 4.79 Å². The quantitative estimate of drug-likeness (QED) is 0.552. The first-order valence-electron chi connectivity index (χ1n) is 5.72. The number of carbonyl (C=O) groups excluding carboxylic acids is 1. The highest BCUT2D eigenvalue weighted by Gasteiger charge is 2.17. The first kappa shape index (κ1) is 13.2. The van der Waals surface area contributed by atoms with Crippen LogP contribution in [0.15, 0.2) is 12.2 Å². The zero-order chi connectivity index (χ0) is 12.0. The third-order valence-electron chi connectivity index (χ3n) is 2.58. The van der Waals surface area contributed by atoms with Gasteiger partial charge in [0.05, 0.1) is 12.7 Å². The van der Waals surface area contributed by atoms with Crippen molar-refractivity contribution in [3.05, 3.63) is 12.2 Å². The third-order valence-corrected chi connectivity index (χ3v) is 2.58. The van der Waals surface area contributed by atoms with Crippen LogP contribution in [0, 0.1) is 0 Å². The topological polar surface area (TPSA) is 55.8 Å². The largest absolute Gasteiger partial charge is 0.460 e. The van der Waals surface area contributed by atoms with Crippen molar-refractivity contribution in [2.75, 3.05) is 13.2 Å². The number of hydrogen-bond donors (Lipinski definition) is 1. The molecule has 0 spiro atoms. The van der Waals surface area contributed by atoms with Crippen molar-refractivity contribution < 1.29 is 19.4 Å². The predicted molar refractivity (Wildman–Crippen MR) is 60.0 cm³/mol. The highest BCUT2D eigenvalue weighted by Crippen LogP contribution is 2.20. The Morgan fingerprint density at radius 2 is 2.06 bits per heavy atom. The molecule has 1 unspecified atom stereocenters. The van der Waals surface area contributed by atoms with Gasteiger partial charge in [0.25, 0.3) is 0 Å². The van der Waals surface area contributed by atoms with Gasteiger partial charge >= 0.3 is 5.97 Å². The molecule has 0 aromatic carbocycles. The van der Waals surface area contributed by atoms with Crippen molar-refractivity contribution in [1.29, 1.82) is 0 Å². The number of aliphatic hydroxyl groups excluding tert-OH is 1. The van der Waals surface area contributed by atoms with Gasteiger partial charge in [0.1, 0.15) is 12.7 Å². The molecule has 92 valence electrons. The molecule has 0 aromatic heterocycles. The maximum Gasteiger partial charge on any atom is 0.333 e. The molecule has 4 heteroatoms. The van der Waals surface area contributed by atoms with E-state index in [1.807, 2.05) is 0 Å². The molecule has 4 nitrogen and oxygen atoms in total. The van der Waals surface area contributed by atoms with Gasteiger partial charge in [-0.1, -0.05) is 19.4 Å². The summed E-state index contributed by atoms with van der Waals surface area (Å²) in [5.74, 6) is -0.472. The Kier molecular flexibility index (Phi) is 5.49. The average Bonchev–Trinajstić information content (AvgIpc) is 2.75. The Morgan fingerprint density at radius 3 is 2.62 bits per heavy atom. The van der Waals surface area contributed by atoms with Crippen LogP contribution in [-0.4, -0.2) is 36.5 Å². The molecule has 0 radical (unpaired) electrons. The number of aliphatic hydroxyl groups is 1. The van der Waals surface area contributed by atoms with E-state index in [-0.39, 0.29) is 19.3 Å². The Hall–Kier alpha value is -0.870. The zero-order valence-electron chi connectivity index (χ0n) is 9.78. The lowest BCUT2D eigenvalue weighted by atomic mass is 10.3. The molecule has 0 amide bonds. The summed E-state index contributed by atoms with van der Waals surface area (Å²) in [5.41, 5.74) is 0.337. The minimum atomic E-state index is -0.746. The number of hydrogen-bond acceptors (Lipinski definition) is 4. The fraction of sp³-hybridized carbons (Fsp3) is 0.750. The lowest BCUT2D eigenvalue weighted by Gasteiger charge is -2.15. The van der Waals surface area contributed by atoms with Crippen molar-refractivity contribution >= 4 is 5.97 Å². The van der Waals surface area contributed by atoms with E-state index in [1.54, 1.807) is 6.92 Å². The summed E-state index contributed by atoms with van der Waals surface area (Å²) >= 11 is 0. The first-order valence-corrected chi connectivity index (χ1v) is 5.72. The minimum Gasteiger partial charge on any atom is -0.460 e. The molecule has 0 aliphatic heterocycles. The van der Waals surface area contributed by atoms with Crippen LogP contribution in [0.4, 0.5) is 0 Å². The molecule has 1 fully saturated rings. The highest BCUT2D eigenvalue weighted by atomic mass is 16.5. The van der Waals surface area contributed by atoms with Crippen LogP contribution < -0.4 is 0 Å². The maximum absolute atomic E-state index is 11.0. The molecule has 0 bridgehead atoms. The van der Waals surface area contributed by atoms with Gasteiger partial charge in [-0.2, -0.15) is 0 Å². The van der Waals surface area contributed by atoms with Crippen LogP contribution in [-0.2, 0) is 14.3 Å². The molecular weight excluding hydrogens is 208 g/mol. The van der Waals surface area contributed by atoms with Crippen molar-refractivity contribution in [3.8, 4) is 0 Å². The van der Waals surface area contributed by atoms with Crippen molar-refractivity contribution in [2.24, 2.45) is 0 Å². The molecule has 0 saturated heterocycles. The monoisotopic (exact) mass is 228 g/mol. The van der Waals surface area contributed by atoms with Crippen molar-refractivity contribution in [3.63, 3.8) is 0 Å². The Labute approximate surface area is 96.2 Å². The summed E-state index contributed by atoms with van der Waals surface area (Å²) in [6.45, 7) is 5.23. The summed E-state index contributed by atoms with van der Waals surface area (Å²) in [4.78, 5) is 11.0. The maximum atomic E-state index is 11.0. The smallest absolute Gasteiger partial charge is 0.333 e. The van der Waals surface area contributed by atoms with Gasteiger partial charge in [0.15, 0.2) is 0 Å². The van der Waals surface area contributed by atoms with Gasteiger partial charge < -0.3 is 14.6 Å². The molecule has 1 aliphatic carbocycles. The van der Waals surface area contributed by atoms with Gasteiger partial charge in [0, 0.05) is 5.57 Å². The standard InChI is InChI=1S/C12H20O4/c1-9(2)12(14)16-8-10(13)7-15-11-5-3-4-6-11/h10-11,13H,1,3-8H2,2H3. The lowest BCUT2D eigenvalue weighted by molar-refractivity contribution is -0.143. The molecular formula is C12H20O4. The number of carbonyl (C=O) groups is 1. The van der Waals surface area contributed by atoms with Crippen LogP contribution in [0.3, 0.4) is 0 Å². The summed E-state index contributed by atoms with van der Waals surface area (Å²) in [6, 6.07) is 0. The van der Waals surface area contributed by atoms with Crippen molar-refractivity contribution in [1.82, 2.24) is 0 Å². The van der Waals surface area contributed by atoms with E-state index < -0.39 is 12.1 Å². The molecule has 1 atom stereocenters. The summed E-state index contributed by atoms with van der Waals surface area (Å²) < 4.78 is 10.3. The van der Waals surface area contributed by atoms with Crippen LogP contribution in [0.25, 0.3) is 0 Å². The van der Waals surface area contributed by atoms with Crippen molar-refractivity contribution in [2.45, 2.75) is 44.8 Å². The minimum absolute atomic E-state index is 0.0294.